The molecule has 1 aromatic heterocycles. The highest BCUT2D eigenvalue weighted by Gasteiger charge is 2.59. The number of sulfonamides is 1. The number of fused-ring (bicyclic) bond motifs is 2. The second kappa shape index (κ2) is 11.3. The first-order chi connectivity index (χ1) is 18.7. The molecule has 1 amide bonds. The molecule has 2 N–H and O–H groups in total. The number of amides is 1. The number of alkyl carbamates (subject to hydrolysis) is 1. The summed E-state index contributed by atoms with van der Waals surface area (Å²) >= 11 is 0. The highest BCUT2D eigenvalue weighted by atomic mass is 32.2. The molecule has 39 heavy (non-hydrogen) atoms. The number of carbonyl (C=O) groups excluding carboxylic acids is 1. The van der Waals surface area contributed by atoms with E-state index in [2.05, 4.69) is 16.4 Å². The third-order valence-corrected chi connectivity index (χ3v) is 11.2. The zero-order chi connectivity index (χ0) is 27.7. The molecule has 210 valence electrons. The number of aliphatic hydroxyl groups is 1. The van der Waals surface area contributed by atoms with Gasteiger partial charge in [0.25, 0.3) is 0 Å². The number of pyridine rings is 1. The minimum absolute atomic E-state index is 0.0135. The largest absolute Gasteiger partial charge is 0.450 e. The van der Waals surface area contributed by atoms with Crippen LogP contribution < -0.4 is 5.32 Å². The number of nitrogens with one attached hydrogen (secondary N) is 1. The molecule has 0 bridgehead atoms. The summed E-state index contributed by atoms with van der Waals surface area (Å²) in [7, 11) is -2.00. The van der Waals surface area contributed by atoms with E-state index >= 15 is 0 Å². The van der Waals surface area contributed by atoms with E-state index in [4.69, 9.17) is 4.74 Å². The fourth-order valence-electron chi connectivity index (χ4n) is 7.07. The summed E-state index contributed by atoms with van der Waals surface area (Å²) in [4.78, 5) is 16.6. The number of allylic oxidation sites excluding steroid dienone is 1. The molecule has 8 nitrogen and oxygen atoms in total. The van der Waals surface area contributed by atoms with E-state index in [1.54, 1.807) is 26.2 Å². The van der Waals surface area contributed by atoms with Crippen LogP contribution in [0.4, 0.5) is 9.18 Å². The first-order valence-electron chi connectivity index (χ1n) is 13.6. The van der Waals surface area contributed by atoms with Crippen LogP contribution in [-0.2, 0) is 14.8 Å². The van der Waals surface area contributed by atoms with Crippen LogP contribution in [0.3, 0.4) is 0 Å². The van der Waals surface area contributed by atoms with E-state index in [0.29, 0.717) is 13.0 Å². The maximum atomic E-state index is 13.6. The molecular weight excluding hydrogens is 521 g/mol. The quantitative estimate of drug-likeness (QED) is 0.554. The lowest BCUT2D eigenvalue weighted by atomic mass is 9.58. The minimum atomic E-state index is -3.62. The van der Waals surface area contributed by atoms with Gasteiger partial charge in [0, 0.05) is 36.8 Å². The number of halogens is 1. The van der Waals surface area contributed by atoms with Crippen molar-refractivity contribution in [1.29, 1.82) is 0 Å². The lowest BCUT2D eigenvalue weighted by Gasteiger charge is -2.49. The lowest BCUT2D eigenvalue weighted by molar-refractivity contribution is 0.0281. The number of nitrogens with zero attached hydrogens (tertiary/aromatic N) is 2. The van der Waals surface area contributed by atoms with Crippen LogP contribution in [0.2, 0.25) is 0 Å². The fraction of sp³-hybridized carbons (Fsp3) is 0.517. The van der Waals surface area contributed by atoms with Gasteiger partial charge in [-0.2, -0.15) is 0 Å². The topological polar surface area (TPSA) is 109 Å². The summed E-state index contributed by atoms with van der Waals surface area (Å²) < 4.78 is 46.6. The first-order valence-corrected chi connectivity index (χ1v) is 15.1. The van der Waals surface area contributed by atoms with Gasteiger partial charge in [0.05, 0.1) is 18.9 Å². The van der Waals surface area contributed by atoms with Crippen molar-refractivity contribution in [3.63, 3.8) is 0 Å². The summed E-state index contributed by atoms with van der Waals surface area (Å²) in [6.07, 6.45) is 8.39. The van der Waals surface area contributed by atoms with Crippen molar-refractivity contribution < 1.29 is 27.4 Å². The van der Waals surface area contributed by atoms with Crippen LogP contribution in [0.5, 0.6) is 0 Å². The minimum Gasteiger partial charge on any atom is -0.450 e. The Morgan fingerprint density at radius 3 is 2.74 bits per heavy atom. The van der Waals surface area contributed by atoms with Crippen molar-refractivity contribution in [2.24, 2.45) is 23.7 Å². The Kier molecular flexibility index (Phi) is 8.07. The Morgan fingerprint density at radius 1 is 1.23 bits per heavy atom. The fourth-order valence-corrected chi connectivity index (χ4v) is 9.05. The zero-order valence-corrected chi connectivity index (χ0v) is 23.1. The Morgan fingerprint density at radius 2 is 2.05 bits per heavy atom. The van der Waals surface area contributed by atoms with E-state index < -0.39 is 28.0 Å². The maximum Gasteiger partial charge on any atom is 0.407 e. The van der Waals surface area contributed by atoms with Gasteiger partial charge in [-0.05, 0) is 80.2 Å². The van der Waals surface area contributed by atoms with Gasteiger partial charge in [-0.3, -0.25) is 4.98 Å². The van der Waals surface area contributed by atoms with Gasteiger partial charge >= 0.3 is 6.09 Å². The number of rotatable bonds is 6. The third kappa shape index (κ3) is 5.47. The molecule has 7 atom stereocenters. The van der Waals surface area contributed by atoms with Crippen LogP contribution in [0, 0.1) is 29.5 Å². The molecule has 0 unspecified atom stereocenters. The summed E-state index contributed by atoms with van der Waals surface area (Å²) in [5.41, 5.74) is 2.27. The zero-order valence-electron chi connectivity index (χ0n) is 22.2. The number of hydrogen-bond acceptors (Lipinski definition) is 6. The average molecular weight is 558 g/mol. The number of aromatic nitrogens is 1. The van der Waals surface area contributed by atoms with Gasteiger partial charge < -0.3 is 15.2 Å². The number of hydrogen-bond donors (Lipinski definition) is 2. The maximum absolute atomic E-state index is 13.6. The molecule has 5 rings (SSSR count). The first kappa shape index (κ1) is 27.7. The molecule has 2 heterocycles. The lowest BCUT2D eigenvalue weighted by Crippen LogP contribution is -2.51. The van der Waals surface area contributed by atoms with Gasteiger partial charge in [-0.25, -0.2) is 21.9 Å². The molecule has 2 aromatic rings. The van der Waals surface area contributed by atoms with E-state index in [0.717, 1.165) is 36.1 Å². The molecule has 0 spiro atoms. The Bertz CT molecular complexity index is 1320. The van der Waals surface area contributed by atoms with E-state index in [9.17, 15) is 22.7 Å². The van der Waals surface area contributed by atoms with Gasteiger partial charge in [-0.15, -0.1) is 0 Å². The third-order valence-electron chi connectivity index (χ3n) is 8.86. The predicted molar refractivity (Wildman–Crippen MR) is 146 cm³/mol. The number of carbonyl (C=O) groups is 1. The molecule has 3 fully saturated rings. The molecule has 0 radical (unpaired) electrons. The van der Waals surface area contributed by atoms with E-state index in [1.807, 2.05) is 24.3 Å². The normalized spacial score (nSPS) is 31.9. The highest BCUT2D eigenvalue weighted by molar-refractivity contribution is 7.90. The monoisotopic (exact) mass is 557 g/mol. The second-order valence-corrected chi connectivity index (χ2v) is 13.1. The van der Waals surface area contributed by atoms with Gasteiger partial charge in [-0.1, -0.05) is 24.3 Å². The molecule has 2 saturated carbocycles. The summed E-state index contributed by atoms with van der Waals surface area (Å²) in [6, 6.07) is 9.90. The molecular formula is C29H36FN3O5S. The number of benzene rings is 1. The van der Waals surface area contributed by atoms with Gasteiger partial charge in [0.2, 0.25) is 10.0 Å². The highest BCUT2D eigenvalue weighted by Crippen LogP contribution is 2.53. The average Bonchev–Trinajstić information content (AvgIpc) is 3.11. The summed E-state index contributed by atoms with van der Waals surface area (Å²) in [5, 5.41) is 12.3. The van der Waals surface area contributed by atoms with Crippen LogP contribution in [0.15, 0.2) is 48.7 Å². The van der Waals surface area contributed by atoms with Crippen molar-refractivity contribution in [2.75, 3.05) is 20.3 Å². The van der Waals surface area contributed by atoms with Crippen LogP contribution in [0.1, 0.15) is 38.3 Å². The molecule has 1 aliphatic heterocycles. The van der Waals surface area contributed by atoms with Crippen molar-refractivity contribution >= 4 is 22.2 Å². The Hall–Kier alpha value is -2.82. The summed E-state index contributed by atoms with van der Waals surface area (Å²) in [6.45, 7) is 1.67. The van der Waals surface area contributed by atoms with Crippen molar-refractivity contribution in [3.8, 4) is 11.1 Å². The summed E-state index contributed by atoms with van der Waals surface area (Å²) in [5.74, 6) is -0.160. The predicted octanol–water partition coefficient (Wildman–Crippen LogP) is 4.07. The van der Waals surface area contributed by atoms with Crippen LogP contribution in [0.25, 0.3) is 17.2 Å². The van der Waals surface area contributed by atoms with E-state index in [1.165, 1.54) is 16.4 Å². The molecule has 10 heteroatoms. The number of ether oxygens (including phenoxy) is 1. The van der Waals surface area contributed by atoms with Crippen molar-refractivity contribution in [1.82, 2.24) is 14.6 Å². The van der Waals surface area contributed by atoms with Crippen LogP contribution in [-0.4, -0.2) is 66.5 Å². The van der Waals surface area contributed by atoms with Crippen LogP contribution >= 0.6 is 0 Å². The molecule has 1 saturated heterocycles. The second-order valence-electron chi connectivity index (χ2n) is 10.9. The standard InChI is InChI=1S/C29H36FN3O5S/c1-3-38-29(35)32-23-10-11-24-20(14-23)15-26-28(27(17-34)39(36,37)33(26)2)25(24)12-9-22-8-7-19(16-31-22)18-5-4-6-21(30)13-18/h4-9,12-13,16,20,23-28,34H,3,10-11,14-15,17H2,1-2H3,(H,32,35)/b12-9+/t20-,23+,24+,25-,26+,27+,28-/m0/s1. The Balaban J connectivity index is 1.41. The Labute approximate surface area is 229 Å². The van der Waals surface area contributed by atoms with Gasteiger partial charge in [0.1, 0.15) is 11.1 Å². The van der Waals surface area contributed by atoms with E-state index in [-0.39, 0.29) is 41.6 Å². The molecule has 3 aliphatic rings. The smallest absolute Gasteiger partial charge is 0.407 e. The number of aliphatic hydroxyl groups excluding tert-OH is 1. The SMILES string of the molecule is CCOC(=O)N[C@@H]1CC[C@@H]2[C@@H](C1)C[C@@H]1[C@H]([C@H]2/C=C/c2ccc(-c3cccc(F)c3)cn2)[C@@H](CO)S(=O)(=O)N1C. The van der Waals surface area contributed by atoms with Gasteiger partial charge in [0.15, 0.2) is 0 Å². The van der Waals surface area contributed by atoms with Crippen molar-refractivity contribution in [3.05, 3.63) is 60.2 Å². The van der Waals surface area contributed by atoms with Crippen molar-refractivity contribution in [2.45, 2.75) is 49.9 Å². The molecule has 1 aromatic carbocycles. The molecule has 2 aliphatic carbocycles.